The molecule has 2 unspecified atom stereocenters. The zero-order chi connectivity index (χ0) is 14.1. The molecule has 1 N–H and O–H groups in total. The molecule has 1 aliphatic heterocycles. The van der Waals surface area contributed by atoms with Gasteiger partial charge in [0, 0.05) is 11.6 Å². The average Bonchev–Trinajstić information content (AvgIpc) is 2.46. The largest absolute Gasteiger partial charge is 0.497 e. The molecule has 5 heteroatoms. The maximum Gasteiger partial charge on any atom is 0.288 e. The number of fused-ring (bicyclic) bond motifs is 1. The monoisotopic (exact) mass is 289 g/mol. The quantitative estimate of drug-likeness (QED) is 0.924. The number of methoxy groups -OCH3 is 1. The normalized spacial score (nSPS) is 20.9. The van der Waals surface area contributed by atoms with Crippen molar-refractivity contribution in [1.29, 1.82) is 0 Å². The Labute approximate surface area is 120 Å². The van der Waals surface area contributed by atoms with Gasteiger partial charge in [-0.05, 0) is 36.2 Å². The molecule has 4 nitrogen and oxygen atoms in total. The summed E-state index contributed by atoms with van der Waals surface area (Å²) in [7, 11) is 1.64. The minimum Gasteiger partial charge on any atom is -0.497 e. The predicted octanol–water partition coefficient (Wildman–Crippen LogP) is 2.98. The second-order valence-corrected chi connectivity index (χ2v) is 5.51. The van der Waals surface area contributed by atoms with Gasteiger partial charge in [0.1, 0.15) is 11.5 Å². The van der Waals surface area contributed by atoms with E-state index in [0.29, 0.717) is 5.75 Å². The van der Waals surface area contributed by atoms with E-state index in [1.54, 1.807) is 7.11 Å². The number of rotatable bonds is 2. The van der Waals surface area contributed by atoms with Crippen LogP contribution < -0.4 is 13.6 Å². The van der Waals surface area contributed by atoms with Crippen molar-refractivity contribution in [2.75, 3.05) is 7.11 Å². The lowest BCUT2D eigenvalue weighted by Gasteiger charge is -2.23. The van der Waals surface area contributed by atoms with Crippen LogP contribution in [0.2, 0.25) is 0 Å². The summed E-state index contributed by atoms with van der Waals surface area (Å²) in [5, 5.41) is 0. The van der Waals surface area contributed by atoms with E-state index in [2.05, 4.69) is 4.72 Å². The Kier molecular flexibility index (Phi) is 3.46. The summed E-state index contributed by atoms with van der Waals surface area (Å²) in [4.78, 5) is 0. The highest BCUT2D eigenvalue weighted by Gasteiger charge is 2.22. The molecule has 0 amide bonds. The number of hydrogen-bond acceptors (Lipinski definition) is 3. The molecule has 0 spiro atoms. The van der Waals surface area contributed by atoms with Crippen LogP contribution in [0.3, 0.4) is 0 Å². The Morgan fingerprint density at radius 1 is 1.15 bits per heavy atom. The van der Waals surface area contributed by atoms with E-state index in [-0.39, 0.29) is 6.04 Å². The van der Waals surface area contributed by atoms with Gasteiger partial charge in [-0.3, -0.25) is 0 Å². The highest BCUT2D eigenvalue weighted by Crippen LogP contribution is 2.34. The van der Waals surface area contributed by atoms with Crippen LogP contribution in [0.15, 0.2) is 42.5 Å². The van der Waals surface area contributed by atoms with Gasteiger partial charge in [-0.1, -0.05) is 24.3 Å². The van der Waals surface area contributed by atoms with Crippen molar-refractivity contribution in [3.8, 4) is 22.6 Å². The zero-order valence-corrected chi connectivity index (χ0v) is 12.1. The lowest BCUT2D eigenvalue weighted by atomic mass is 10.0. The first kappa shape index (κ1) is 13.1. The topological polar surface area (TPSA) is 47.6 Å². The van der Waals surface area contributed by atoms with Gasteiger partial charge in [0.25, 0.3) is 11.3 Å². The molecule has 1 aliphatic rings. The van der Waals surface area contributed by atoms with Gasteiger partial charge in [-0.15, -0.1) is 0 Å². The summed E-state index contributed by atoms with van der Waals surface area (Å²) < 4.78 is 24.9. The first-order chi connectivity index (χ1) is 9.67. The van der Waals surface area contributed by atoms with E-state index >= 15 is 0 Å². The lowest BCUT2D eigenvalue weighted by Crippen LogP contribution is -2.30. The van der Waals surface area contributed by atoms with Gasteiger partial charge in [0.05, 0.1) is 7.11 Å². The molecular formula is C15H15NO3S. The Morgan fingerprint density at radius 2 is 1.85 bits per heavy atom. The fourth-order valence-electron chi connectivity index (χ4n) is 2.24. The molecule has 0 saturated carbocycles. The number of benzene rings is 2. The van der Waals surface area contributed by atoms with E-state index in [1.807, 2.05) is 49.4 Å². The van der Waals surface area contributed by atoms with Crippen molar-refractivity contribution in [2.24, 2.45) is 0 Å². The van der Waals surface area contributed by atoms with Crippen molar-refractivity contribution in [2.45, 2.75) is 13.0 Å². The molecule has 104 valence electrons. The molecule has 0 bridgehead atoms. The smallest absolute Gasteiger partial charge is 0.288 e. The molecule has 2 aromatic rings. The molecule has 2 atom stereocenters. The molecule has 0 saturated heterocycles. The fourth-order valence-corrected chi connectivity index (χ4v) is 3.01. The minimum absolute atomic E-state index is 0.0181. The van der Waals surface area contributed by atoms with Gasteiger partial charge in [-0.2, -0.15) is 8.93 Å². The van der Waals surface area contributed by atoms with E-state index in [9.17, 15) is 4.21 Å². The van der Waals surface area contributed by atoms with Crippen LogP contribution >= 0.6 is 0 Å². The molecule has 0 radical (unpaired) electrons. The highest BCUT2D eigenvalue weighted by molar-refractivity contribution is 7.78. The molecular weight excluding hydrogens is 274 g/mol. The van der Waals surface area contributed by atoms with Crippen LogP contribution in [0.25, 0.3) is 11.1 Å². The average molecular weight is 289 g/mol. The predicted molar refractivity (Wildman–Crippen MR) is 78.8 cm³/mol. The second kappa shape index (κ2) is 5.26. The molecule has 1 heterocycles. The number of hydrogen-bond donors (Lipinski definition) is 1. The molecule has 3 rings (SSSR count). The first-order valence-electron chi connectivity index (χ1n) is 6.32. The maximum absolute atomic E-state index is 11.5. The van der Waals surface area contributed by atoms with Crippen LogP contribution in [0.4, 0.5) is 0 Å². The van der Waals surface area contributed by atoms with Gasteiger partial charge >= 0.3 is 0 Å². The van der Waals surface area contributed by atoms with Crippen LogP contribution in [0.5, 0.6) is 11.5 Å². The van der Waals surface area contributed by atoms with E-state index in [0.717, 1.165) is 22.4 Å². The standard InChI is InChI=1S/C15H15NO3S/c1-10-14-8-5-12(9-15(14)19-20(17)16-10)11-3-6-13(18-2)7-4-11/h3-10,16H,1-2H3. The Hall–Kier alpha value is -1.85. The SMILES string of the molecule is COc1ccc(-c2ccc3c(c2)OS(=O)NC3C)cc1. The van der Waals surface area contributed by atoms with E-state index in [1.165, 1.54) is 0 Å². The van der Waals surface area contributed by atoms with Gasteiger partial charge < -0.3 is 8.92 Å². The Bertz CT molecular complexity index is 655. The van der Waals surface area contributed by atoms with Crippen molar-refractivity contribution < 1.29 is 13.1 Å². The molecule has 0 aromatic heterocycles. The van der Waals surface area contributed by atoms with E-state index < -0.39 is 11.3 Å². The number of nitrogens with one attached hydrogen (secondary N) is 1. The zero-order valence-electron chi connectivity index (χ0n) is 11.3. The van der Waals surface area contributed by atoms with Crippen LogP contribution in [-0.2, 0) is 11.3 Å². The van der Waals surface area contributed by atoms with Crippen LogP contribution in [0.1, 0.15) is 18.5 Å². The summed E-state index contributed by atoms with van der Waals surface area (Å²) in [6.45, 7) is 1.96. The minimum atomic E-state index is -1.47. The van der Waals surface area contributed by atoms with Crippen molar-refractivity contribution in [3.05, 3.63) is 48.0 Å². The summed E-state index contributed by atoms with van der Waals surface area (Å²) in [6, 6.07) is 13.8. The summed E-state index contributed by atoms with van der Waals surface area (Å²) in [5.41, 5.74) is 3.11. The third-order valence-electron chi connectivity index (χ3n) is 3.34. The Morgan fingerprint density at radius 3 is 2.55 bits per heavy atom. The lowest BCUT2D eigenvalue weighted by molar-refractivity contribution is 0.415. The van der Waals surface area contributed by atoms with Gasteiger partial charge in [0.2, 0.25) is 0 Å². The van der Waals surface area contributed by atoms with Gasteiger partial charge in [0.15, 0.2) is 0 Å². The maximum atomic E-state index is 11.5. The second-order valence-electron chi connectivity index (χ2n) is 4.64. The number of ether oxygens (including phenoxy) is 1. The third kappa shape index (κ3) is 2.42. The molecule has 2 aromatic carbocycles. The Balaban J connectivity index is 1.99. The van der Waals surface area contributed by atoms with Crippen LogP contribution in [0, 0.1) is 0 Å². The van der Waals surface area contributed by atoms with Crippen molar-refractivity contribution >= 4 is 11.3 Å². The molecule has 0 aliphatic carbocycles. The first-order valence-corrected chi connectivity index (χ1v) is 7.39. The third-order valence-corrected chi connectivity index (χ3v) is 4.22. The highest BCUT2D eigenvalue weighted by atomic mass is 32.2. The summed E-state index contributed by atoms with van der Waals surface area (Å²) >= 11 is -1.47. The van der Waals surface area contributed by atoms with Crippen LogP contribution in [-0.4, -0.2) is 11.3 Å². The summed E-state index contributed by atoms with van der Waals surface area (Å²) in [6.07, 6.45) is 0. The molecule has 0 fully saturated rings. The van der Waals surface area contributed by atoms with Crippen molar-refractivity contribution in [1.82, 2.24) is 4.72 Å². The van der Waals surface area contributed by atoms with Crippen molar-refractivity contribution in [3.63, 3.8) is 0 Å². The summed E-state index contributed by atoms with van der Waals surface area (Å²) in [5.74, 6) is 1.49. The molecule has 20 heavy (non-hydrogen) atoms. The van der Waals surface area contributed by atoms with E-state index in [4.69, 9.17) is 8.92 Å². The fraction of sp³-hybridized carbons (Fsp3) is 0.200. The van der Waals surface area contributed by atoms with Gasteiger partial charge in [-0.25, -0.2) is 0 Å².